The molecule has 32 heavy (non-hydrogen) atoms. The Kier molecular flexibility index (Phi) is 6.34. The predicted octanol–water partition coefficient (Wildman–Crippen LogP) is 4.10. The summed E-state index contributed by atoms with van der Waals surface area (Å²) in [6.07, 6.45) is 0. The maximum atomic E-state index is 13.2. The topological polar surface area (TPSA) is 108 Å². The van der Waals surface area contributed by atoms with Gasteiger partial charge in [0.1, 0.15) is 17.4 Å². The van der Waals surface area contributed by atoms with Gasteiger partial charge in [-0.1, -0.05) is 18.2 Å². The zero-order valence-electron chi connectivity index (χ0n) is 19.0. The summed E-state index contributed by atoms with van der Waals surface area (Å²) in [6.45, 7) is 9.86. The summed E-state index contributed by atoms with van der Waals surface area (Å²) in [5.41, 5.74) is 1.93. The number of para-hydroxylation sites is 1. The fourth-order valence-corrected chi connectivity index (χ4v) is 3.91. The van der Waals surface area contributed by atoms with Crippen molar-refractivity contribution in [1.29, 1.82) is 0 Å². The smallest absolute Gasteiger partial charge is 0.344 e. The van der Waals surface area contributed by atoms with Gasteiger partial charge in [0.2, 0.25) is 11.8 Å². The lowest BCUT2D eigenvalue weighted by Gasteiger charge is -2.19. The van der Waals surface area contributed by atoms with E-state index in [1.165, 1.54) is 24.5 Å². The van der Waals surface area contributed by atoms with Crippen molar-refractivity contribution in [1.82, 2.24) is 4.57 Å². The summed E-state index contributed by atoms with van der Waals surface area (Å²) in [7, 11) is 0. The second-order valence-electron chi connectivity index (χ2n) is 7.69. The Hall–Kier alpha value is -3.68. The predicted molar refractivity (Wildman–Crippen MR) is 120 cm³/mol. The normalized spacial score (nSPS) is 11.9. The lowest BCUT2D eigenvalue weighted by Crippen LogP contribution is -2.32. The number of Topliss-reactive ketones (excluding diaryl/α,β-unsaturated/α-hetero) is 1. The number of hydrogen-bond donors (Lipinski definition) is 1. The standard InChI is InChI=1S/C24H26N2O6/c1-7-31-24(30)20-19(15(5)27)16(6)32-23(20)25-22(29)14(4)26-18(28)11-13(3)17-10-8-9-12(2)21(17)26/h8-11,14H,7H2,1-6H3,(H,25,29). The minimum absolute atomic E-state index is 0.0557. The number of fused-ring (bicyclic) bond motifs is 1. The molecule has 1 unspecified atom stereocenters. The lowest BCUT2D eigenvalue weighted by atomic mass is 10.0. The zero-order chi connectivity index (χ0) is 23.7. The van der Waals surface area contributed by atoms with Crippen molar-refractivity contribution in [2.45, 2.75) is 47.6 Å². The average molecular weight is 438 g/mol. The summed E-state index contributed by atoms with van der Waals surface area (Å²) in [4.78, 5) is 50.6. The van der Waals surface area contributed by atoms with Crippen molar-refractivity contribution in [3.63, 3.8) is 0 Å². The number of ether oxygens (including phenoxy) is 1. The number of rotatable bonds is 6. The van der Waals surface area contributed by atoms with Gasteiger partial charge >= 0.3 is 5.97 Å². The number of ketones is 1. The van der Waals surface area contributed by atoms with Crippen molar-refractivity contribution in [2.24, 2.45) is 0 Å². The van der Waals surface area contributed by atoms with Gasteiger partial charge in [0.25, 0.3) is 5.56 Å². The molecule has 0 spiro atoms. The van der Waals surface area contributed by atoms with E-state index in [1.54, 1.807) is 13.8 Å². The van der Waals surface area contributed by atoms with Gasteiger partial charge in [0.15, 0.2) is 5.78 Å². The number of hydrogen-bond acceptors (Lipinski definition) is 6. The molecule has 0 fully saturated rings. The first kappa shape index (κ1) is 23.0. The molecule has 8 nitrogen and oxygen atoms in total. The highest BCUT2D eigenvalue weighted by Gasteiger charge is 2.30. The molecule has 1 N–H and O–H groups in total. The van der Waals surface area contributed by atoms with Crippen LogP contribution < -0.4 is 10.9 Å². The van der Waals surface area contributed by atoms with Crippen LogP contribution in [0.15, 0.2) is 33.5 Å². The Morgan fingerprint density at radius 3 is 2.44 bits per heavy atom. The largest absolute Gasteiger partial charge is 0.462 e. The SMILES string of the molecule is CCOC(=O)c1c(NC(=O)C(C)n2c(=O)cc(C)c3cccc(C)c32)oc(C)c1C(C)=O. The van der Waals surface area contributed by atoms with Gasteiger partial charge in [-0.05, 0) is 52.7 Å². The lowest BCUT2D eigenvalue weighted by molar-refractivity contribution is -0.118. The van der Waals surface area contributed by atoms with Crippen LogP contribution in [0.4, 0.5) is 5.88 Å². The summed E-state index contributed by atoms with van der Waals surface area (Å²) < 4.78 is 12.0. The van der Waals surface area contributed by atoms with Crippen LogP contribution >= 0.6 is 0 Å². The number of aryl methyl sites for hydroxylation is 3. The molecule has 3 aromatic rings. The quantitative estimate of drug-likeness (QED) is 0.459. The molecule has 0 aliphatic heterocycles. The highest BCUT2D eigenvalue weighted by molar-refractivity contribution is 6.11. The molecule has 0 aliphatic rings. The highest BCUT2D eigenvalue weighted by atomic mass is 16.5. The Morgan fingerprint density at radius 1 is 1.12 bits per heavy atom. The first-order valence-corrected chi connectivity index (χ1v) is 10.3. The van der Waals surface area contributed by atoms with Crippen LogP contribution in [0.5, 0.6) is 0 Å². The molecule has 3 rings (SSSR count). The van der Waals surface area contributed by atoms with Gasteiger partial charge < -0.3 is 9.15 Å². The number of furan rings is 1. The fraction of sp³-hybridized carbons (Fsp3) is 0.333. The van der Waals surface area contributed by atoms with E-state index in [2.05, 4.69) is 5.32 Å². The van der Waals surface area contributed by atoms with Gasteiger partial charge in [0.05, 0.1) is 17.7 Å². The van der Waals surface area contributed by atoms with Gasteiger partial charge in [-0.25, -0.2) is 4.79 Å². The Morgan fingerprint density at radius 2 is 1.81 bits per heavy atom. The van der Waals surface area contributed by atoms with E-state index < -0.39 is 17.9 Å². The number of carbonyl (C=O) groups is 3. The summed E-state index contributed by atoms with van der Waals surface area (Å²) in [5, 5.41) is 3.44. The number of nitrogens with zero attached hydrogens (tertiary/aromatic N) is 1. The number of carbonyl (C=O) groups excluding carboxylic acids is 3. The molecule has 1 aromatic carbocycles. The maximum Gasteiger partial charge on any atom is 0.344 e. The number of esters is 1. The molecule has 2 heterocycles. The van der Waals surface area contributed by atoms with Gasteiger partial charge in [-0.15, -0.1) is 0 Å². The van der Waals surface area contributed by atoms with E-state index in [-0.39, 0.29) is 40.7 Å². The monoisotopic (exact) mass is 438 g/mol. The first-order chi connectivity index (χ1) is 15.1. The number of anilines is 1. The van der Waals surface area contributed by atoms with Gasteiger partial charge in [-0.2, -0.15) is 0 Å². The molecule has 8 heteroatoms. The van der Waals surface area contributed by atoms with Crippen LogP contribution in [0.25, 0.3) is 10.9 Å². The fourth-order valence-electron chi connectivity index (χ4n) is 3.91. The summed E-state index contributed by atoms with van der Waals surface area (Å²) >= 11 is 0. The van der Waals surface area contributed by atoms with Crippen LogP contribution in [0.2, 0.25) is 0 Å². The minimum Gasteiger partial charge on any atom is -0.462 e. The first-order valence-electron chi connectivity index (χ1n) is 10.3. The van der Waals surface area contributed by atoms with Crippen molar-refractivity contribution in [2.75, 3.05) is 11.9 Å². The molecule has 0 aliphatic carbocycles. The van der Waals surface area contributed by atoms with Crippen molar-refractivity contribution in [3.05, 3.63) is 62.6 Å². The van der Waals surface area contributed by atoms with Crippen molar-refractivity contribution < 1.29 is 23.5 Å². The van der Waals surface area contributed by atoms with E-state index in [4.69, 9.17) is 9.15 Å². The molecule has 2 aromatic heterocycles. The van der Waals surface area contributed by atoms with Crippen molar-refractivity contribution in [3.8, 4) is 0 Å². The average Bonchev–Trinajstić information content (AvgIpc) is 3.04. The second-order valence-corrected chi connectivity index (χ2v) is 7.69. The number of pyridine rings is 1. The second kappa shape index (κ2) is 8.82. The summed E-state index contributed by atoms with van der Waals surface area (Å²) in [6, 6.07) is 6.22. The number of amides is 1. The van der Waals surface area contributed by atoms with Crippen LogP contribution in [0, 0.1) is 20.8 Å². The molecule has 0 bridgehead atoms. The van der Waals surface area contributed by atoms with Gasteiger partial charge in [0, 0.05) is 11.5 Å². The number of benzene rings is 1. The molecular weight excluding hydrogens is 412 g/mol. The van der Waals surface area contributed by atoms with E-state index >= 15 is 0 Å². The molecule has 1 atom stereocenters. The summed E-state index contributed by atoms with van der Waals surface area (Å²) in [5.74, 6) is -1.72. The molecule has 1 amide bonds. The Bertz CT molecular complexity index is 1300. The Labute approximate surface area is 185 Å². The number of aromatic nitrogens is 1. The maximum absolute atomic E-state index is 13.2. The van der Waals surface area contributed by atoms with Crippen LogP contribution in [-0.2, 0) is 9.53 Å². The van der Waals surface area contributed by atoms with E-state index in [0.29, 0.717) is 5.52 Å². The number of nitrogens with one attached hydrogen (secondary N) is 1. The molecule has 0 saturated carbocycles. The third kappa shape index (κ3) is 3.95. The van der Waals surface area contributed by atoms with Crippen LogP contribution in [0.3, 0.4) is 0 Å². The molecule has 168 valence electrons. The minimum atomic E-state index is -0.923. The molecular formula is C24H26N2O6. The van der Waals surface area contributed by atoms with E-state index in [9.17, 15) is 19.2 Å². The molecule has 0 radical (unpaired) electrons. The van der Waals surface area contributed by atoms with Gasteiger partial charge in [-0.3, -0.25) is 24.3 Å². The molecule has 0 saturated heterocycles. The van der Waals surface area contributed by atoms with E-state index in [0.717, 1.165) is 16.5 Å². The Balaban J connectivity index is 2.08. The van der Waals surface area contributed by atoms with Crippen LogP contribution in [-0.4, -0.2) is 28.8 Å². The van der Waals surface area contributed by atoms with Crippen LogP contribution in [0.1, 0.15) is 64.4 Å². The zero-order valence-corrected chi connectivity index (χ0v) is 19.0. The third-order valence-corrected chi connectivity index (χ3v) is 5.40. The van der Waals surface area contributed by atoms with Crippen molar-refractivity contribution >= 4 is 34.4 Å². The van der Waals surface area contributed by atoms with E-state index in [1.807, 2.05) is 32.0 Å². The third-order valence-electron chi connectivity index (χ3n) is 5.40. The highest BCUT2D eigenvalue weighted by Crippen LogP contribution is 2.30.